The van der Waals surface area contributed by atoms with Crippen molar-refractivity contribution in [1.29, 1.82) is 0 Å². The number of likely N-dealkylation sites (N-methyl/N-ethyl adjacent to an activating group) is 1. The minimum Gasteiger partial charge on any atom is -0.335 e. The average Bonchev–Trinajstić information content (AvgIpc) is 2.62. The lowest BCUT2D eigenvalue weighted by molar-refractivity contribution is 0.0637. The fraction of sp³-hybridized carbons (Fsp3) is 0.389. The normalized spacial score (nSPS) is 15.2. The average molecular weight is 360 g/mol. The van der Waals surface area contributed by atoms with Gasteiger partial charge in [-0.2, -0.15) is 0 Å². The summed E-state index contributed by atoms with van der Waals surface area (Å²) in [6, 6.07) is 9.01. The molecule has 1 aromatic heterocycles. The fourth-order valence-electron chi connectivity index (χ4n) is 2.83. The van der Waals surface area contributed by atoms with Crippen molar-refractivity contribution >= 4 is 29.1 Å². The number of aromatic nitrogens is 2. The quantitative estimate of drug-likeness (QED) is 0.909. The molecule has 0 radical (unpaired) electrons. The number of piperazine rings is 1. The van der Waals surface area contributed by atoms with Crippen LogP contribution in [0.25, 0.3) is 0 Å². The SMILES string of the molecule is CCN1CCN(C(=O)c2cc(C)nc(Nc3ccc(Cl)cc3)n2)CC1. The Hall–Kier alpha value is -2.18. The van der Waals surface area contributed by atoms with E-state index in [1.54, 1.807) is 18.2 Å². The molecule has 0 spiro atoms. The molecule has 3 rings (SSSR count). The van der Waals surface area contributed by atoms with Gasteiger partial charge in [-0.1, -0.05) is 18.5 Å². The van der Waals surface area contributed by atoms with E-state index >= 15 is 0 Å². The van der Waals surface area contributed by atoms with Crippen molar-refractivity contribution in [1.82, 2.24) is 19.8 Å². The number of hydrogen-bond donors (Lipinski definition) is 1. The van der Waals surface area contributed by atoms with Gasteiger partial charge < -0.3 is 15.1 Å². The summed E-state index contributed by atoms with van der Waals surface area (Å²) in [7, 11) is 0. The standard InChI is InChI=1S/C18H22ClN5O/c1-3-23-8-10-24(11-9-23)17(25)16-12-13(2)20-18(22-16)21-15-6-4-14(19)5-7-15/h4-7,12H,3,8-11H2,1-2H3,(H,20,21,22). The van der Waals surface area contributed by atoms with Crippen LogP contribution in [0, 0.1) is 6.92 Å². The maximum atomic E-state index is 12.8. The van der Waals surface area contributed by atoms with E-state index in [2.05, 4.69) is 27.1 Å². The predicted molar refractivity (Wildman–Crippen MR) is 99.5 cm³/mol. The highest BCUT2D eigenvalue weighted by molar-refractivity contribution is 6.30. The Morgan fingerprint density at radius 2 is 1.84 bits per heavy atom. The van der Waals surface area contributed by atoms with E-state index in [1.807, 2.05) is 24.0 Å². The molecule has 1 fully saturated rings. The molecule has 132 valence electrons. The molecule has 2 aromatic rings. The molecule has 1 aliphatic heterocycles. The van der Waals surface area contributed by atoms with Crippen LogP contribution in [-0.4, -0.2) is 58.4 Å². The van der Waals surface area contributed by atoms with Gasteiger partial charge >= 0.3 is 0 Å². The van der Waals surface area contributed by atoms with Gasteiger partial charge in [0.1, 0.15) is 5.69 Å². The van der Waals surface area contributed by atoms with Crippen molar-refractivity contribution < 1.29 is 4.79 Å². The topological polar surface area (TPSA) is 61.4 Å². The van der Waals surface area contributed by atoms with Crippen LogP contribution in [0.4, 0.5) is 11.6 Å². The van der Waals surface area contributed by atoms with Crippen LogP contribution in [0.15, 0.2) is 30.3 Å². The first-order chi connectivity index (χ1) is 12.0. The zero-order valence-electron chi connectivity index (χ0n) is 14.5. The molecule has 1 saturated heterocycles. The lowest BCUT2D eigenvalue weighted by Gasteiger charge is -2.33. The minimum atomic E-state index is -0.0413. The third kappa shape index (κ3) is 4.46. The number of benzene rings is 1. The summed E-state index contributed by atoms with van der Waals surface area (Å²) in [5.41, 5.74) is 2.00. The number of carbonyl (C=O) groups is 1. The molecular formula is C18H22ClN5O. The van der Waals surface area contributed by atoms with Gasteiger partial charge in [0, 0.05) is 42.6 Å². The van der Waals surface area contributed by atoms with E-state index < -0.39 is 0 Å². The maximum Gasteiger partial charge on any atom is 0.272 e. The Kier molecular flexibility index (Phi) is 5.50. The third-order valence-electron chi connectivity index (χ3n) is 4.28. The van der Waals surface area contributed by atoms with Crippen molar-refractivity contribution in [2.75, 3.05) is 38.0 Å². The summed E-state index contributed by atoms with van der Waals surface area (Å²) in [5.74, 6) is 0.373. The van der Waals surface area contributed by atoms with Crippen molar-refractivity contribution in [2.24, 2.45) is 0 Å². The molecular weight excluding hydrogens is 338 g/mol. The van der Waals surface area contributed by atoms with Crippen molar-refractivity contribution in [2.45, 2.75) is 13.8 Å². The van der Waals surface area contributed by atoms with Crippen LogP contribution >= 0.6 is 11.6 Å². The number of carbonyl (C=O) groups excluding carboxylic acids is 1. The second-order valence-corrected chi connectivity index (χ2v) is 6.51. The first kappa shape index (κ1) is 17.6. The van der Waals surface area contributed by atoms with Crippen molar-refractivity contribution in [3.8, 4) is 0 Å². The second-order valence-electron chi connectivity index (χ2n) is 6.08. The van der Waals surface area contributed by atoms with Crippen LogP contribution in [0.5, 0.6) is 0 Å². The van der Waals surface area contributed by atoms with Crippen LogP contribution in [-0.2, 0) is 0 Å². The number of aryl methyl sites for hydroxylation is 1. The summed E-state index contributed by atoms with van der Waals surface area (Å²) >= 11 is 5.90. The maximum absolute atomic E-state index is 12.8. The van der Waals surface area contributed by atoms with Crippen LogP contribution in [0.3, 0.4) is 0 Å². The second kappa shape index (κ2) is 7.80. The molecule has 0 atom stereocenters. The van der Waals surface area contributed by atoms with Crippen LogP contribution < -0.4 is 5.32 Å². The lowest BCUT2D eigenvalue weighted by Crippen LogP contribution is -2.48. The first-order valence-corrected chi connectivity index (χ1v) is 8.83. The van der Waals surface area contributed by atoms with Gasteiger partial charge in [0.05, 0.1) is 0 Å². The monoisotopic (exact) mass is 359 g/mol. The highest BCUT2D eigenvalue weighted by Crippen LogP contribution is 2.18. The van der Waals surface area contributed by atoms with E-state index in [-0.39, 0.29) is 5.91 Å². The molecule has 1 amide bonds. The van der Waals surface area contributed by atoms with Crippen molar-refractivity contribution in [3.63, 3.8) is 0 Å². The number of anilines is 2. The molecule has 0 aliphatic carbocycles. The zero-order valence-corrected chi connectivity index (χ0v) is 15.3. The summed E-state index contributed by atoms with van der Waals surface area (Å²) < 4.78 is 0. The van der Waals surface area contributed by atoms with Gasteiger partial charge in [-0.25, -0.2) is 9.97 Å². The Balaban J connectivity index is 1.74. The molecule has 0 saturated carbocycles. The minimum absolute atomic E-state index is 0.0413. The summed E-state index contributed by atoms with van der Waals surface area (Å²) in [5, 5.41) is 3.79. The summed E-state index contributed by atoms with van der Waals surface area (Å²) in [6.07, 6.45) is 0. The predicted octanol–water partition coefficient (Wildman–Crippen LogP) is 2.96. The van der Waals surface area contributed by atoms with E-state index in [0.717, 1.165) is 44.1 Å². The number of hydrogen-bond acceptors (Lipinski definition) is 5. The molecule has 25 heavy (non-hydrogen) atoms. The highest BCUT2D eigenvalue weighted by Gasteiger charge is 2.23. The molecule has 7 heteroatoms. The molecule has 0 bridgehead atoms. The van der Waals surface area contributed by atoms with Gasteiger partial charge in [0.15, 0.2) is 0 Å². The van der Waals surface area contributed by atoms with E-state index in [4.69, 9.17) is 11.6 Å². The number of halogens is 1. The van der Waals surface area contributed by atoms with Gasteiger partial charge in [-0.05, 0) is 43.8 Å². The molecule has 1 N–H and O–H groups in total. The molecule has 1 aromatic carbocycles. The number of amides is 1. The van der Waals surface area contributed by atoms with Gasteiger partial charge in [-0.15, -0.1) is 0 Å². The van der Waals surface area contributed by atoms with Gasteiger partial charge in [0.25, 0.3) is 5.91 Å². The first-order valence-electron chi connectivity index (χ1n) is 8.45. The summed E-state index contributed by atoms with van der Waals surface area (Å²) in [4.78, 5) is 25.7. The van der Waals surface area contributed by atoms with Crippen molar-refractivity contribution in [3.05, 3.63) is 46.7 Å². The van der Waals surface area contributed by atoms with E-state index in [1.165, 1.54) is 0 Å². The van der Waals surface area contributed by atoms with Gasteiger partial charge in [-0.3, -0.25) is 4.79 Å². The Morgan fingerprint density at radius 3 is 2.48 bits per heavy atom. The van der Waals surface area contributed by atoms with E-state index in [9.17, 15) is 4.79 Å². The Bertz CT molecular complexity index is 742. The smallest absolute Gasteiger partial charge is 0.272 e. The lowest BCUT2D eigenvalue weighted by atomic mass is 10.2. The van der Waals surface area contributed by atoms with Crippen LogP contribution in [0.2, 0.25) is 5.02 Å². The summed E-state index contributed by atoms with van der Waals surface area (Å²) in [6.45, 7) is 8.29. The molecule has 1 aliphatic rings. The highest BCUT2D eigenvalue weighted by atomic mass is 35.5. The number of nitrogens with one attached hydrogen (secondary N) is 1. The Morgan fingerprint density at radius 1 is 1.16 bits per heavy atom. The van der Waals surface area contributed by atoms with Gasteiger partial charge in [0.2, 0.25) is 5.95 Å². The zero-order chi connectivity index (χ0) is 17.8. The number of nitrogens with zero attached hydrogens (tertiary/aromatic N) is 4. The fourth-order valence-corrected chi connectivity index (χ4v) is 2.95. The number of rotatable bonds is 4. The third-order valence-corrected chi connectivity index (χ3v) is 4.53. The molecule has 0 unspecified atom stereocenters. The van der Waals surface area contributed by atoms with Crippen LogP contribution in [0.1, 0.15) is 23.1 Å². The van der Waals surface area contributed by atoms with E-state index in [0.29, 0.717) is 16.7 Å². The Labute approximate surface area is 152 Å². The largest absolute Gasteiger partial charge is 0.335 e. The molecule has 2 heterocycles. The molecule has 6 nitrogen and oxygen atoms in total.